The molecular formula is C13H13BrN2O3. The van der Waals surface area contributed by atoms with Gasteiger partial charge in [0.2, 0.25) is 0 Å². The van der Waals surface area contributed by atoms with Gasteiger partial charge in [-0.15, -0.1) is 0 Å². The molecule has 0 saturated carbocycles. The Kier molecular flexibility index (Phi) is 4.21. The van der Waals surface area contributed by atoms with Crippen molar-refractivity contribution in [2.75, 3.05) is 7.11 Å². The number of aromatic nitrogens is 2. The molecule has 0 bridgehead atoms. The van der Waals surface area contributed by atoms with Crippen molar-refractivity contribution in [1.82, 2.24) is 9.78 Å². The molecule has 2 rings (SSSR count). The van der Waals surface area contributed by atoms with Crippen molar-refractivity contribution >= 4 is 21.9 Å². The van der Waals surface area contributed by atoms with E-state index < -0.39 is 5.97 Å². The fourth-order valence-corrected chi connectivity index (χ4v) is 2.02. The molecule has 0 amide bonds. The summed E-state index contributed by atoms with van der Waals surface area (Å²) in [5.74, 6) is 0.363. The van der Waals surface area contributed by atoms with Crippen molar-refractivity contribution in [2.45, 2.75) is 6.61 Å². The van der Waals surface area contributed by atoms with Gasteiger partial charge in [0.15, 0.2) is 0 Å². The van der Waals surface area contributed by atoms with Crippen LogP contribution in [-0.4, -0.2) is 22.9 Å². The second-order valence-electron chi connectivity index (χ2n) is 3.90. The van der Waals surface area contributed by atoms with Crippen LogP contribution in [0.2, 0.25) is 0 Å². The molecule has 5 nitrogen and oxygen atoms in total. The number of carbonyl (C=O) groups excluding carboxylic acids is 1. The number of aryl methyl sites for hydroxylation is 1. The highest BCUT2D eigenvalue weighted by Gasteiger charge is 2.13. The number of hydrogen-bond donors (Lipinski definition) is 0. The molecule has 0 aliphatic heterocycles. The van der Waals surface area contributed by atoms with Crippen molar-refractivity contribution in [3.63, 3.8) is 0 Å². The quantitative estimate of drug-likeness (QED) is 0.811. The Morgan fingerprint density at radius 1 is 1.37 bits per heavy atom. The van der Waals surface area contributed by atoms with Crippen LogP contribution in [0.4, 0.5) is 0 Å². The van der Waals surface area contributed by atoms with Gasteiger partial charge in [0.1, 0.15) is 22.7 Å². The van der Waals surface area contributed by atoms with Crippen LogP contribution >= 0.6 is 15.9 Å². The minimum Gasteiger partial charge on any atom is -0.497 e. The molecule has 0 aliphatic carbocycles. The Hall–Kier alpha value is -1.82. The number of esters is 1. The fraction of sp³-hybridized carbons (Fsp3) is 0.231. The van der Waals surface area contributed by atoms with Gasteiger partial charge in [-0.25, -0.2) is 4.79 Å². The van der Waals surface area contributed by atoms with Gasteiger partial charge in [-0.3, -0.25) is 4.68 Å². The molecule has 0 atom stereocenters. The maximum absolute atomic E-state index is 11.8. The lowest BCUT2D eigenvalue weighted by Crippen LogP contribution is -2.10. The van der Waals surface area contributed by atoms with Crippen LogP contribution in [0.3, 0.4) is 0 Å². The molecule has 0 fully saturated rings. The molecular weight excluding hydrogens is 312 g/mol. The van der Waals surface area contributed by atoms with Crippen molar-refractivity contribution in [3.8, 4) is 5.75 Å². The van der Waals surface area contributed by atoms with Crippen LogP contribution in [0.5, 0.6) is 5.75 Å². The molecule has 2 aromatic rings. The van der Waals surface area contributed by atoms with Crippen molar-refractivity contribution < 1.29 is 14.3 Å². The number of carbonyl (C=O) groups is 1. The predicted octanol–water partition coefficient (Wildman–Crippen LogP) is 2.55. The van der Waals surface area contributed by atoms with E-state index in [1.807, 2.05) is 24.3 Å². The number of methoxy groups -OCH3 is 1. The molecule has 6 heteroatoms. The fourth-order valence-electron chi connectivity index (χ4n) is 1.57. The number of nitrogens with zero attached hydrogens (tertiary/aromatic N) is 2. The van der Waals surface area contributed by atoms with E-state index in [0.29, 0.717) is 10.3 Å². The Bertz CT molecular complexity index is 578. The second-order valence-corrected chi connectivity index (χ2v) is 4.71. The summed E-state index contributed by atoms with van der Waals surface area (Å²) < 4.78 is 12.4. The van der Waals surface area contributed by atoms with Gasteiger partial charge >= 0.3 is 5.97 Å². The molecule has 0 unspecified atom stereocenters. The van der Waals surface area contributed by atoms with E-state index in [1.165, 1.54) is 4.68 Å². The summed E-state index contributed by atoms with van der Waals surface area (Å²) in [5.41, 5.74) is 1.30. The van der Waals surface area contributed by atoms with Gasteiger partial charge in [0.05, 0.1) is 7.11 Å². The van der Waals surface area contributed by atoms with Gasteiger partial charge in [-0.2, -0.15) is 5.10 Å². The van der Waals surface area contributed by atoms with E-state index in [1.54, 1.807) is 20.2 Å². The zero-order valence-electron chi connectivity index (χ0n) is 10.6. The normalized spacial score (nSPS) is 10.3. The molecule has 0 radical (unpaired) electrons. The number of ether oxygens (including phenoxy) is 2. The summed E-state index contributed by atoms with van der Waals surface area (Å²) in [6.07, 6.45) is 0. The number of benzene rings is 1. The molecule has 19 heavy (non-hydrogen) atoms. The lowest BCUT2D eigenvalue weighted by Gasteiger charge is -2.05. The van der Waals surface area contributed by atoms with E-state index in [4.69, 9.17) is 9.47 Å². The standard InChI is InChI=1S/C13H13BrN2O3/c1-16-11(7-12(14)15-16)13(17)19-8-9-3-5-10(18-2)6-4-9/h3-7H,8H2,1-2H3. The first kappa shape index (κ1) is 13.6. The number of halogens is 1. The highest BCUT2D eigenvalue weighted by Crippen LogP contribution is 2.14. The monoisotopic (exact) mass is 324 g/mol. The molecule has 0 saturated heterocycles. The lowest BCUT2D eigenvalue weighted by molar-refractivity contribution is 0.0460. The van der Waals surface area contributed by atoms with Crippen LogP contribution in [0.1, 0.15) is 16.1 Å². The van der Waals surface area contributed by atoms with Crippen LogP contribution in [0.15, 0.2) is 34.9 Å². The average Bonchev–Trinajstić information content (AvgIpc) is 2.75. The summed E-state index contributed by atoms with van der Waals surface area (Å²) in [6.45, 7) is 0.214. The average molecular weight is 325 g/mol. The summed E-state index contributed by atoms with van der Waals surface area (Å²) in [6, 6.07) is 8.97. The van der Waals surface area contributed by atoms with Gasteiger partial charge < -0.3 is 9.47 Å². The lowest BCUT2D eigenvalue weighted by atomic mass is 10.2. The Labute approximate surface area is 119 Å². The van der Waals surface area contributed by atoms with Gasteiger partial charge in [-0.05, 0) is 33.6 Å². The number of hydrogen-bond acceptors (Lipinski definition) is 4. The minimum absolute atomic E-state index is 0.214. The summed E-state index contributed by atoms with van der Waals surface area (Å²) in [4.78, 5) is 11.8. The minimum atomic E-state index is -0.406. The summed E-state index contributed by atoms with van der Waals surface area (Å²) in [7, 11) is 3.30. The largest absolute Gasteiger partial charge is 0.497 e. The van der Waals surface area contributed by atoms with Gasteiger partial charge in [0, 0.05) is 13.1 Å². The van der Waals surface area contributed by atoms with Gasteiger partial charge in [-0.1, -0.05) is 12.1 Å². The van der Waals surface area contributed by atoms with Crippen LogP contribution in [-0.2, 0) is 18.4 Å². The first-order chi connectivity index (χ1) is 9.10. The topological polar surface area (TPSA) is 53.4 Å². The first-order valence-corrected chi connectivity index (χ1v) is 6.39. The maximum atomic E-state index is 11.8. The Balaban J connectivity index is 1.98. The Morgan fingerprint density at radius 3 is 2.58 bits per heavy atom. The maximum Gasteiger partial charge on any atom is 0.356 e. The molecule has 1 aromatic carbocycles. The van der Waals surface area contributed by atoms with Crippen LogP contribution < -0.4 is 4.74 Å². The highest BCUT2D eigenvalue weighted by atomic mass is 79.9. The van der Waals surface area contributed by atoms with Crippen LogP contribution in [0, 0.1) is 0 Å². The van der Waals surface area contributed by atoms with E-state index >= 15 is 0 Å². The third-order valence-corrected chi connectivity index (χ3v) is 2.98. The van der Waals surface area contributed by atoms with E-state index in [2.05, 4.69) is 21.0 Å². The van der Waals surface area contributed by atoms with E-state index in [0.717, 1.165) is 11.3 Å². The first-order valence-electron chi connectivity index (χ1n) is 5.59. The smallest absolute Gasteiger partial charge is 0.356 e. The van der Waals surface area contributed by atoms with Crippen molar-refractivity contribution in [3.05, 3.63) is 46.2 Å². The zero-order valence-corrected chi connectivity index (χ0v) is 12.2. The molecule has 0 spiro atoms. The summed E-state index contributed by atoms with van der Waals surface area (Å²) in [5, 5.41) is 4.03. The molecule has 1 aromatic heterocycles. The third kappa shape index (κ3) is 3.35. The van der Waals surface area contributed by atoms with Crippen LogP contribution in [0.25, 0.3) is 0 Å². The number of rotatable bonds is 4. The SMILES string of the molecule is COc1ccc(COC(=O)c2cc(Br)nn2C)cc1. The third-order valence-electron chi connectivity index (χ3n) is 2.59. The van der Waals surface area contributed by atoms with Crippen molar-refractivity contribution in [1.29, 1.82) is 0 Å². The molecule has 0 N–H and O–H groups in total. The Morgan fingerprint density at radius 2 is 2.05 bits per heavy atom. The zero-order chi connectivity index (χ0) is 13.8. The predicted molar refractivity (Wildman–Crippen MR) is 73.0 cm³/mol. The van der Waals surface area contributed by atoms with Crippen molar-refractivity contribution in [2.24, 2.45) is 7.05 Å². The highest BCUT2D eigenvalue weighted by molar-refractivity contribution is 9.10. The second kappa shape index (κ2) is 5.88. The summed E-state index contributed by atoms with van der Waals surface area (Å²) >= 11 is 3.21. The van der Waals surface area contributed by atoms with Gasteiger partial charge in [0.25, 0.3) is 0 Å². The molecule has 100 valence electrons. The van der Waals surface area contributed by atoms with E-state index in [9.17, 15) is 4.79 Å². The molecule has 1 heterocycles. The van der Waals surface area contributed by atoms with E-state index in [-0.39, 0.29) is 6.61 Å². The molecule has 0 aliphatic rings.